The topological polar surface area (TPSA) is 48.5 Å². The van der Waals surface area contributed by atoms with Gasteiger partial charge >= 0.3 is 6.18 Å². The van der Waals surface area contributed by atoms with Crippen molar-refractivity contribution >= 4 is 11.0 Å². The van der Waals surface area contributed by atoms with Gasteiger partial charge in [-0.3, -0.25) is 4.68 Å². The molecule has 0 bridgehead atoms. The summed E-state index contributed by atoms with van der Waals surface area (Å²) in [6, 6.07) is 10.3. The summed E-state index contributed by atoms with van der Waals surface area (Å²) in [5.41, 5.74) is 1.46. The molecule has 0 spiro atoms. The van der Waals surface area contributed by atoms with E-state index in [9.17, 15) is 13.2 Å². The van der Waals surface area contributed by atoms with Crippen LogP contribution in [0.2, 0.25) is 0 Å². The monoisotopic (exact) mass is 383 g/mol. The number of hydrogen-bond donors (Lipinski definition) is 0. The Kier molecular flexibility index (Phi) is 3.59. The zero-order chi connectivity index (χ0) is 19.5. The molecule has 0 atom stereocenters. The van der Waals surface area contributed by atoms with E-state index in [4.69, 9.17) is 0 Å². The van der Waals surface area contributed by atoms with Crippen LogP contribution in [-0.4, -0.2) is 24.5 Å². The highest BCUT2D eigenvalue weighted by molar-refractivity contribution is 5.87. The molecule has 0 saturated heterocycles. The number of aromatic nitrogens is 5. The third-order valence-corrected chi connectivity index (χ3v) is 4.94. The van der Waals surface area contributed by atoms with Crippen LogP contribution >= 0.6 is 0 Å². The van der Waals surface area contributed by atoms with Crippen molar-refractivity contribution in [1.82, 2.24) is 24.5 Å². The van der Waals surface area contributed by atoms with Gasteiger partial charge in [-0.15, -0.1) is 0 Å². The zero-order valence-corrected chi connectivity index (χ0v) is 15.0. The lowest BCUT2D eigenvalue weighted by Crippen LogP contribution is -2.08. The number of para-hydroxylation sites is 1. The third-order valence-electron chi connectivity index (χ3n) is 4.94. The van der Waals surface area contributed by atoms with Crippen LogP contribution in [-0.2, 0) is 13.2 Å². The van der Waals surface area contributed by atoms with E-state index >= 15 is 0 Å². The summed E-state index contributed by atoms with van der Waals surface area (Å²) in [4.78, 5) is 4.59. The Hall–Kier alpha value is -3.16. The van der Waals surface area contributed by atoms with E-state index in [1.54, 1.807) is 17.9 Å². The summed E-state index contributed by atoms with van der Waals surface area (Å²) in [5, 5.41) is 8.73. The molecule has 28 heavy (non-hydrogen) atoms. The van der Waals surface area contributed by atoms with Gasteiger partial charge in [-0.25, -0.2) is 9.67 Å². The van der Waals surface area contributed by atoms with Gasteiger partial charge in [-0.1, -0.05) is 18.2 Å². The molecule has 1 aromatic carbocycles. The van der Waals surface area contributed by atoms with Crippen LogP contribution in [0, 0.1) is 0 Å². The molecule has 1 fully saturated rings. The summed E-state index contributed by atoms with van der Waals surface area (Å²) in [6.45, 7) is 0. The number of hydrogen-bond acceptors (Lipinski definition) is 3. The molecule has 0 amide bonds. The van der Waals surface area contributed by atoms with Crippen LogP contribution in [0.25, 0.3) is 28.0 Å². The van der Waals surface area contributed by atoms with E-state index in [2.05, 4.69) is 15.2 Å². The highest BCUT2D eigenvalue weighted by atomic mass is 19.4. The lowest BCUT2D eigenvalue weighted by Gasteiger charge is -2.11. The smallest absolute Gasteiger partial charge is 0.275 e. The second-order valence-corrected chi connectivity index (χ2v) is 7.06. The van der Waals surface area contributed by atoms with Crippen molar-refractivity contribution in [3.05, 3.63) is 60.0 Å². The van der Waals surface area contributed by atoms with E-state index in [0.717, 1.165) is 18.9 Å². The SMILES string of the molecule is Cn1cc(-c2cc(C(F)(F)F)c3c(C4CC4)nn(-c4ccccc4)c3n2)cn1. The van der Waals surface area contributed by atoms with Gasteiger partial charge in [0.15, 0.2) is 5.65 Å². The molecule has 5 rings (SSSR count). The van der Waals surface area contributed by atoms with Crippen LogP contribution in [0.4, 0.5) is 13.2 Å². The fraction of sp³-hybridized carbons (Fsp3) is 0.250. The predicted octanol–water partition coefficient (Wildman–Crippen LogP) is 4.72. The van der Waals surface area contributed by atoms with Crippen LogP contribution in [0.5, 0.6) is 0 Å². The lowest BCUT2D eigenvalue weighted by molar-refractivity contribution is -0.136. The minimum absolute atomic E-state index is 0.0552. The maximum absolute atomic E-state index is 14.0. The number of alkyl halides is 3. The standard InChI is InChI=1S/C20H16F3N5/c1-27-11-13(10-24-27)16-9-15(20(21,22)23)17-18(12-7-8-12)26-28(19(17)25-16)14-5-3-2-4-6-14/h2-6,9-12H,7-8H2,1H3. The lowest BCUT2D eigenvalue weighted by atomic mass is 10.0. The summed E-state index contributed by atoms with van der Waals surface area (Å²) in [7, 11) is 1.71. The van der Waals surface area contributed by atoms with Gasteiger partial charge in [0.1, 0.15) is 0 Å². The van der Waals surface area contributed by atoms with Crippen LogP contribution in [0.1, 0.15) is 30.0 Å². The summed E-state index contributed by atoms with van der Waals surface area (Å²) in [6.07, 6.45) is 0.357. The number of nitrogens with zero attached hydrogens (tertiary/aromatic N) is 5. The van der Waals surface area contributed by atoms with Gasteiger partial charge in [0.2, 0.25) is 0 Å². The van der Waals surface area contributed by atoms with Crippen molar-refractivity contribution in [2.45, 2.75) is 24.9 Å². The number of halogens is 3. The number of fused-ring (bicyclic) bond motifs is 1. The largest absolute Gasteiger partial charge is 0.417 e. The van der Waals surface area contributed by atoms with Crippen molar-refractivity contribution in [3.8, 4) is 16.9 Å². The van der Waals surface area contributed by atoms with Gasteiger partial charge in [0.05, 0.1) is 34.2 Å². The Balaban J connectivity index is 1.86. The molecule has 4 aromatic rings. The van der Waals surface area contributed by atoms with Crippen molar-refractivity contribution < 1.29 is 13.2 Å². The van der Waals surface area contributed by atoms with Gasteiger partial charge < -0.3 is 0 Å². The molecule has 1 aliphatic carbocycles. The number of benzene rings is 1. The zero-order valence-electron chi connectivity index (χ0n) is 15.0. The molecular weight excluding hydrogens is 367 g/mol. The average molecular weight is 383 g/mol. The first-order valence-electron chi connectivity index (χ1n) is 8.97. The molecule has 8 heteroatoms. The van der Waals surface area contributed by atoms with Crippen molar-refractivity contribution in [1.29, 1.82) is 0 Å². The molecule has 3 aromatic heterocycles. The molecule has 1 aliphatic rings. The molecule has 0 N–H and O–H groups in total. The van der Waals surface area contributed by atoms with Gasteiger partial charge in [0, 0.05) is 24.7 Å². The molecule has 5 nitrogen and oxygen atoms in total. The Morgan fingerprint density at radius 3 is 2.46 bits per heavy atom. The molecule has 1 saturated carbocycles. The maximum Gasteiger partial charge on any atom is 0.417 e. The Morgan fingerprint density at radius 2 is 1.86 bits per heavy atom. The fourth-order valence-electron chi connectivity index (χ4n) is 3.46. The van der Waals surface area contributed by atoms with E-state index in [1.165, 1.54) is 10.9 Å². The molecule has 3 heterocycles. The first-order chi connectivity index (χ1) is 13.4. The van der Waals surface area contributed by atoms with E-state index in [1.807, 2.05) is 30.3 Å². The van der Waals surface area contributed by atoms with E-state index in [0.29, 0.717) is 16.9 Å². The molecule has 0 aliphatic heterocycles. The second-order valence-electron chi connectivity index (χ2n) is 7.06. The molecular formula is C20H16F3N5. The van der Waals surface area contributed by atoms with Crippen LogP contribution < -0.4 is 0 Å². The summed E-state index contributed by atoms with van der Waals surface area (Å²) < 4.78 is 45.1. The first-order valence-corrected chi connectivity index (χ1v) is 8.97. The third kappa shape index (κ3) is 2.76. The highest BCUT2D eigenvalue weighted by Gasteiger charge is 2.39. The fourth-order valence-corrected chi connectivity index (χ4v) is 3.46. The van der Waals surface area contributed by atoms with E-state index in [-0.39, 0.29) is 22.6 Å². The number of aryl methyl sites for hydroxylation is 1. The second kappa shape index (κ2) is 5.92. The highest BCUT2D eigenvalue weighted by Crippen LogP contribution is 2.46. The quantitative estimate of drug-likeness (QED) is 0.514. The van der Waals surface area contributed by atoms with Gasteiger partial charge in [0.25, 0.3) is 0 Å². The summed E-state index contributed by atoms with van der Waals surface area (Å²) >= 11 is 0. The predicted molar refractivity (Wildman–Crippen MR) is 98.0 cm³/mol. The minimum Gasteiger partial charge on any atom is -0.275 e. The van der Waals surface area contributed by atoms with Gasteiger partial charge in [-0.2, -0.15) is 23.4 Å². The first kappa shape index (κ1) is 17.0. The van der Waals surface area contributed by atoms with Crippen LogP contribution in [0.15, 0.2) is 48.8 Å². The normalized spacial score (nSPS) is 14.7. The van der Waals surface area contributed by atoms with Crippen molar-refractivity contribution in [3.63, 3.8) is 0 Å². The Morgan fingerprint density at radius 1 is 1.11 bits per heavy atom. The van der Waals surface area contributed by atoms with Crippen molar-refractivity contribution in [2.24, 2.45) is 7.05 Å². The van der Waals surface area contributed by atoms with Gasteiger partial charge in [-0.05, 0) is 31.0 Å². The molecule has 142 valence electrons. The molecule has 0 radical (unpaired) electrons. The maximum atomic E-state index is 14.0. The molecule has 0 unspecified atom stereocenters. The van der Waals surface area contributed by atoms with Crippen molar-refractivity contribution in [2.75, 3.05) is 0 Å². The minimum atomic E-state index is -4.51. The Labute approximate surface area is 158 Å². The number of pyridine rings is 1. The van der Waals surface area contributed by atoms with Crippen LogP contribution in [0.3, 0.4) is 0 Å². The average Bonchev–Trinajstić information content (AvgIpc) is 3.31. The van der Waals surface area contributed by atoms with E-state index < -0.39 is 11.7 Å². The Bertz CT molecular complexity index is 1170. The summed E-state index contributed by atoms with van der Waals surface area (Å²) in [5.74, 6) is 0.0552. The number of rotatable bonds is 3.